The summed E-state index contributed by atoms with van der Waals surface area (Å²) in [5.74, 6) is -0.976. The predicted molar refractivity (Wildman–Crippen MR) is 97.4 cm³/mol. The summed E-state index contributed by atoms with van der Waals surface area (Å²) in [4.78, 5) is 11.9. The molecule has 0 spiro atoms. The molecule has 3 rings (SSSR count). The molecule has 2 heterocycles. The SMILES string of the molecule is CC(C(=O)Nc1ccc(F)c(S(=O)(=O)N2CCOCC2)c1)C1CNC1.Cl. The van der Waals surface area contributed by atoms with E-state index in [4.69, 9.17) is 4.74 Å². The van der Waals surface area contributed by atoms with Crippen molar-refractivity contribution in [3.05, 3.63) is 24.0 Å². The van der Waals surface area contributed by atoms with Gasteiger partial charge in [0.05, 0.1) is 13.2 Å². The van der Waals surface area contributed by atoms with Crippen LogP contribution in [0, 0.1) is 17.7 Å². The van der Waals surface area contributed by atoms with E-state index in [2.05, 4.69) is 10.6 Å². The zero-order valence-corrected chi connectivity index (χ0v) is 16.0. The second-order valence-corrected chi connectivity index (χ2v) is 8.26. The highest BCUT2D eigenvalue weighted by atomic mass is 35.5. The molecule has 2 fully saturated rings. The summed E-state index contributed by atoms with van der Waals surface area (Å²) < 4.78 is 45.8. The molecule has 1 aromatic rings. The van der Waals surface area contributed by atoms with E-state index in [-0.39, 0.29) is 62.1 Å². The van der Waals surface area contributed by atoms with Crippen molar-refractivity contribution in [1.82, 2.24) is 9.62 Å². The van der Waals surface area contributed by atoms with Gasteiger partial charge in [0.2, 0.25) is 15.9 Å². The largest absolute Gasteiger partial charge is 0.379 e. The maximum absolute atomic E-state index is 14.2. The van der Waals surface area contributed by atoms with Gasteiger partial charge in [0.15, 0.2) is 0 Å². The highest BCUT2D eigenvalue weighted by molar-refractivity contribution is 7.89. The molecule has 1 aromatic carbocycles. The van der Waals surface area contributed by atoms with Crippen molar-refractivity contribution in [1.29, 1.82) is 0 Å². The van der Waals surface area contributed by atoms with Crippen molar-refractivity contribution in [3.8, 4) is 0 Å². The Kier molecular flexibility index (Phi) is 6.98. The minimum Gasteiger partial charge on any atom is -0.379 e. The molecule has 7 nitrogen and oxygen atoms in total. The summed E-state index contributed by atoms with van der Waals surface area (Å²) >= 11 is 0. The molecular weight excluding hydrogens is 385 g/mol. The number of anilines is 1. The Morgan fingerprint density at radius 1 is 1.35 bits per heavy atom. The molecule has 0 aromatic heterocycles. The molecule has 10 heteroatoms. The number of halogens is 2. The van der Waals surface area contributed by atoms with Crippen LogP contribution in [0.15, 0.2) is 23.1 Å². The Bertz CT molecular complexity index is 752. The van der Waals surface area contributed by atoms with E-state index in [1.807, 2.05) is 6.92 Å². The zero-order valence-electron chi connectivity index (χ0n) is 14.4. The van der Waals surface area contributed by atoms with E-state index in [1.165, 1.54) is 16.4 Å². The monoisotopic (exact) mass is 407 g/mol. The lowest BCUT2D eigenvalue weighted by molar-refractivity contribution is -0.121. The highest BCUT2D eigenvalue weighted by Gasteiger charge is 2.31. The standard InChI is InChI=1S/C16H22FN3O4S.ClH/c1-11(12-9-18-10-12)16(21)19-13-2-3-14(17)15(8-13)25(22,23)20-4-6-24-7-5-20;/h2-3,8,11-12,18H,4-7,9-10H2,1H3,(H,19,21);1H. The first-order valence-electron chi connectivity index (χ1n) is 8.28. The molecular formula is C16H23ClFN3O4S. The molecule has 0 saturated carbocycles. The van der Waals surface area contributed by atoms with Crippen molar-refractivity contribution in [3.63, 3.8) is 0 Å². The predicted octanol–water partition coefficient (Wildman–Crippen LogP) is 1.06. The lowest BCUT2D eigenvalue weighted by Crippen LogP contribution is -2.48. The van der Waals surface area contributed by atoms with Crippen LogP contribution >= 0.6 is 12.4 Å². The lowest BCUT2D eigenvalue weighted by Gasteiger charge is -2.31. The van der Waals surface area contributed by atoms with Gasteiger partial charge in [0, 0.05) is 24.7 Å². The smallest absolute Gasteiger partial charge is 0.246 e. The van der Waals surface area contributed by atoms with Gasteiger partial charge in [-0.2, -0.15) is 4.31 Å². The summed E-state index contributed by atoms with van der Waals surface area (Å²) in [5, 5.41) is 5.80. The molecule has 1 unspecified atom stereocenters. The fourth-order valence-corrected chi connectivity index (χ4v) is 4.34. The number of hydrogen-bond donors (Lipinski definition) is 2. The maximum Gasteiger partial charge on any atom is 0.246 e. The van der Waals surface area contributed by atoms with Gasteiger partial charge in [-0.3, -0.25) is 4.79 Å². The van der Waals surface area contributed by atoms with Crippen LogP contribution in [0.4, 0.5) is 10.1 Å². The maximum atomic E-state index is 14.2. The lowest BCUT2D eigenvalue weighted by atomic mass is 9.88. The van der Waals surface area contributed by atoms with Gasteiger partial charge in [-0.25, -0.2) is 12.8 Å². The van der Waals surface area contributed by atoms with Crippen molar-refractivity contribution < 1.29 is 22.3 Å². The van der Waals surface area contributed by atoms with Gasteiger partial charge in [0.25, 0.3) is 0 Å². The first-order valence-corrected chi connectivity index (χ1v) is 9.72. The van der Waals surface area contributed by atoms with E-state index in [1.54, 1.807) is 0 Å². The van der Waals surface area contributed by atoms with Crippen LogP contribution in [0.1, 0.15) is 6.92 Å². The fourth-order valence-electron chi connectivity index (χ4n) is 2.84. The van der Waals surface area contributed by atoms with Crippen LogP contribution in [0.25, 0.3) is 0 Å². The number of amides is 1. The van der Waals surface area contributed by atoms with Crippen LogP contribution < -0.4 is 10.6 Å². The Labute approximate surface area is 158 Å². The topological polar surface area (TPSA) is 87.7 Å². The van der Waals surface area contributed by atoms with Crippen LogP contribution in [-0.4, -0.2) is 58.0 Å². The number of nitrogens with zero attached hydrogens (tertiary/aromatic N) is 1. The number of benzene rings is 1. The molecule has 1 atom stereocenters. The Balaban J connectivity index is 0.00000243. The fraction of sp³-hybridized carbons (Fsp3) is 0.562. The Hall–Kier alpha value is -1.26. The third kappa shape index (κ3) is 4.34. The summed E-state index contributed by atoms with van der Waals surface area (Å²) in [7, 11) is -3.96. The van der Waals surface area contributed by atoms with Gasteiger partial charge in [-0.1, -0.05) is 6.92 Å². The molecule has 2 N–H and O–H groups in total. The quantitative estimate of drug-likeness (QED) is 0.762. The van der Waals surface area contributed by atoms with E-state index < -0.39 is 20.7 Å². The minimum absolute atomic E-state index is 0. The summed E-state index contributed by atoms with van der Waals surface area (Å²) in [6.45, 7) is 4.33. The zero-order chi connectivity index (χ0) is 18.0. The average molecular weight is 408 g/mol. The summed E-state index contributed by atoms with van der Waals surface area (Å²) in [6, 6.07) is 3.62. The summed E-state index contributed by atoms with van der Waals surface area (Å²) in [5.41, 5.74) is 0.275. The van der Waals surface area contributed by atoms with Crippen LogP contribution in [-0.2, 0) is 19.6 Å². The summed E-state index contributed by atoms with van der Waals surface area (Å²) in [6.07, 6.45) is 0. The molecule has 0 aliphatic carbocycles. The number of sulfonamides is 1. The number of carbonyl (C=O) groups is 1. The number of nitrogens with one attached hydrogen (secondary N) is 2. The number of morpholine rings is 1. The third-order valence-corrected chi connectivity index (χ3v) is 6.63. The normalized spacial score (nSPS) is 19.9. The first kappa shape index (κ1) is 21.0. The average Bonchev–Trinajstić information content (AvgIpc) is 2.55. The Morgan fingerprint density at radius 3 is 2.58 bits per heavy atom. The van der Waals surface area contributed by atoms with E-state index in [0.717, 1.165) is 19.2 Å². The van der Waals surface area contributed by atoms with Crippen LogP contribution in [0.5, 0.6) is 0 Å². The number of carbonyl (C=O) groups excluding carboxylic acids is 1. The Morgan fingerprint density at radius 2 is 2.00 bits per heavy atom. The van der Waals surface area contributed by atoms with Crippen molar-refractivity contribution in [2.45, 2.75) is 11.8 Å². The van der Waals surface area contributed by atoms with Crippen molar-refractivity contribution in [2.75, 3.05) is 44.7 Å². The van der Waals surface area contributed by atoms with Gasteiger partial charge < -0.3 is 15.4 Å². The second-order valence-electron chi connectivity index (χ2n) is 6.36. The molecule has 1 amide bonds. The van der Waals surface area contributed by atoms with Crippen molar-refractivity contribution >= 4 is 34.0 Å². The molecule has 2 aliphatic heterocycles. The first-order chi connectivity index (χ1) is 11.9. The van der Waals surface area contributed by atoms with Gasteiger partial charge in [-0.05, 0) is 37.2 Å². The van der Waals surface area contributed by atoms with Crippen LogP contribution in [0.3, 0.4) is 0 Å². The number of rotatable bonds is 5. The second kappa shape index (κ2) is 8.62. The van der Waals surface area contributed by atoms with Gasteiger partial charge in [0.1, 0.15) is 10.7 Å². The van der Waals surface area contributed by atoms with E-state index in [9.17, 15) is 17.6 Å². The van der Waals surface area contributed by atoms with E-state index in [0.29, 0.717) is 0 Å². The highest BCUT2D eigenvalue weighted by Crippen LogP contribution is 2.25. The third-order valence-electron chi connectivity index (χ3n) is 4.72. The number of hydrogen-bond acceptors (Lipinski definition) is 5. The van der Waals surface area contributed by atoms with Crippen molar-refractivity contribution in [2.24, 2.45) is 11.8 Å². The number of ether oxygens (including phenoxy) is 1. The molecule has 0 radical (unpaired) electrons. The molecule has 0 bridgehead atoms. The van der Waals surface area contributed by atoms with E-state index >= 15 is 0 Å². The molecule has 146 valence electrons. The van der Waals surface area contributed by atoms with Crippen LogP contribution in [0.2, 0.25) is 0 Å². The van der Waals surface area contributed by atoms with Gasteiger partial charge >= 0.3 is 0 Å². The molecule has 2 saturated heterocycles. The molecule has 2 aliphatic rings. The molecule has 26 heavy (non-hydrogen) atoms. The minimum atomic E-state index is -3.96. The van der Waals surface area contributed by atoms with Gasteiger partial charge in [-0.15, -0.1) is 12.4 Å².